The van der Waals surface area contributed by atoms with Gasteiger partial charge in [0.05, 0.1) is 13.5 Å². The average molecular weight is 287 g/mol. The summed E-state index contributed by atoms with van der Waals surface area (Å²) in [5.74, 6) is 0.434. The first-order valence-corrected chi connectivity index (χ1v) is 6.83. The van der Waals surface area contributed by atoms with Gasteiger partial charge < -0.3 is 9.64 Å². The fourth-order valence-electron chi connectivity index (χ4n) is 2.14. The molecule has 0 N–H and O–H groups in total. The number of nitrogens with zero attached hydrogens (tertiary/aromatic N) is 1. The molecule has 0 saturated carbocycles. The van der Waals surface area contributed by atoms with Gasteiger partial charge in [0.2, 0.25) is 5.91 Å². The van der Waals surface area contributed by atoms with E-state index in [0.717, 1.165) is 11.3 Å². The topological polar surface area (TPSA) is 29.5 Å². The fourth-order valence-corrected chi connectivity index (χ4v) is 2.14. The highest BCUT2D eigenvalue weighted by Gasteiger charge is 2.14. The zero-order chi connectivity index (χ0) is 15.2. The quantitative estimate of drug-likeness (QED) is 0.843. The molecule has 0 aliphatic heterocycles. The molecular formula is C17H18FNO2. The number of hydrogen-bond donors (Lipinski definition) is 0. The van der Waals surface area contributed by atoms with E-state index in [4.69, 9.17) is 4.74 Å². The average Bonchev–Trinajstić information content (AvgIpc) is 2.50. The van der Waals surface area contributed by atoms with E-state index in [1.165, 1.54) is 12.1 Å². The Morgan fingerprint density at radius 1 is 1.10 bits per heavy atom. The Bertz CT molecular complexity index is 593. The Hall–Kier alpha value is -2.36. The highest BCUT2D eigenvalue weighted by molar-refractivity contribution is 5.94. The van der Waals surface area contributed by atoms with Gasteiger partial charge in [-0.15, -0.1) is 0 Å². The zero-order valence-electron chi connectivity index (χ0n) is 12.2. The third-order valence-corrected chi connectivity index (χ3v) is 3.27. The van der Waals surface area contributed by atoms with Crippen molar-refractivity contribution < 1.29 is 13.9 Å². The second kappa shape index (κ2) is 6.88. The number of anilines is 1. The fraction of sp³-hybridized carbons (Fsp3) is 0.235. The van der Waals surface area contributed by atoms with E-state index in [1.807, 2.05) is 31.2 Å². The van der Waals surface area contributed by atoms with E-state index in [9.17, 15) is 9.18 Å². The van der Waals surface area contributed by atoms with Crippen LogP contribution in [0.1, 0.15) is 12.5 Å². The summed E-state index contributed by atoms with van der Waals surface area (Å²) in [6.07, 6.45) is 0.301. The van der Waals surface area contributed by atoms with Crippen LogP contribution in [0, 0.1) is 5.82 Å². The number of carbonyl (C=O) groups is 1. The molecule has 110 valence electrons. The van der Waals surface area contributed by atoms with Crippen LogP contribution in [-0.2, 0) is 11.2 Å². The van der Waals surface area contributed by atoms with E-state index >= 15 is 0 Å². The summed E-state index contributed by atoms with van der Waals surface area (Å²) in [6, 6.07) is 13.4. The molecule has 0 fully saturated rings. The number of hydrogen-bond acceptors (Lipinski definition) is 2. The lowest BCUT2D eigenvalue weighted by Crippen LogP contribution is -2.31. The number of amides is 1. The number of ether oxygens (including phenoxy) is 1. The molecule has 0 aliphatic rings. The minimum Gasteiger partial charge on any atom is -0.497 e. The molecule has 4 heteroatoms. The van der Waals surface area contributed by atoms with Crippen LogP contribution in [0.4, 0.5) is 10.1 Å². The molecule has 0 radical (unpaired) electrons. The SMILES string of the molecule is CCN(C(=O)Cc1ccc(OC)cc1)c1ccc(F)cc1. The molecule has 0 heterocycles. The van der Waals surface area contributed by atoms with Crippen molar-refractivity contribution in [3.63, 3.8) is 0 Å². The molecule has 3 nitrogen and oxygen atoms in total. The van der Waals surface area contributed by atoms with Crippen molar-refractivity contribution in [1.82, 2.24) is 0 Å². The largest absolute Gasteiger partial charge is 0.497 e. The van der Waals surface area contributed by atoms with Crippen molar-refractivity contribution in [2.45, 2.75) is 13.3 Å². The van der Waals surface area contributed by atoms with Crippen molar-refractivity contribution in [1.29, 1.82) is 0 Å². The minimum atomic E-state index is -0.308. The molecular weight excluding hydrogens is 269 g/mol. The molecule has 2 rings (SSSR count). The van der Waals surface area contributed by atoms with E-state index in [1.54, 1.807) is 24.1 Å². The Labute approximate surface area is 124 Å². The van der Waals surface area contributed by atoms with Crippen molar-refractivity contribution in [2.24, 2.45) is 0 Å². The molecule has 0 saturated heterocycles. The Morgan fingerprint density at radius 3 is 2.24 bits per heavy atom. The number of likely N-dealkylation sites (N-methyl/N-ethyl adjacent to an activating group) is 1. The van der Waals surface area contributed by atoms with Gasteiger partial charge in [-0.3, -0.25) is 4.79 Å². The van der Waals surface area contributed by atoms with Crippen LogP contribution >= 0.6 is 0 Å². The molecule has 2 aromatic carbocycles. The minimum absolute atomic E-state index is 0.0192. The van der Waals surface area contributed by atoms with Gasteiger partial charge in [0.25, 0.3) is 0 Å². The van der Waals surface area contributed by atoms with E-state index in [-0.39, 0.29) is 11.7 Å². The molecule has 0 aromatic heterocycles. The van der Waals surface area contributed by atoms with Gasteiger partial charge >= 0.3 is 0 Å². The van der Waals surface area contributed by atoms with Gasteiger partial charge in [-0.2, -0.15) is 0 Å². The lowest BCUT2D eigenvalue weighted by Gasteiger charge is -2.21. The Balaban J connectivity index is 2.10. The maximum absolute atomic E-state index is 13.0. The van der Waals surface area contributed by atoms with Crippen LogP contribution in [0.3, 0.4) is 0 Å². The van der Waals surface area contributed by atoms with Gasteiger partial charge in [0, 0.05) is 12.2 Å². The van der Waals surface area contributed by atoms with E-state index in [0.29, 0.717) is 18.7 Å². The van der Waals surface area contributed by atoms with Gasteiger partial charge in [0.1, 0.15) is 11.6 Å². The van der Waals surface area contributed by atoms with Crippen LogP contribution in [0.5, 0.6) is 5.75 Å². The molecule has 0 bridgehead atoms. The molecule has 0 atom stereocenters. The van der Waals surface area contributed by atoms with Gasteiger partial charge in [-0.05, 0) is 48.9 Å². The number of halogens is 1. The maximum atomic E-state index is 13.0. The summed E-state index contributed by atoms with van der Waals surface area (Å²) in [5, 5.41) is 0. The van der Waals surface area contributed by atoms with Crippen LogP contribution < -0.4 is 9.64 Å². The highest BCUT2D eigenvalue weighted by Crippen LogP contribution is 2.17. The zero-order valence-corrected chi connectivity index (χ0v) is 12.2. The van der Waals surface area contributed by atoms with Crippen LogP contribution in [0.15, 0.2) is 48.5 Å². The number of benzene rings is 2. The normalized spacial score (nSPS) is 10.2. The summed E-state index contributed by atoms with van der Waals surface area (Å²) in [5.41, 5.74) is 1.62. The summed E-state index contributed by atoms with van der Waals surface area (Å²) in [6.45, 7) is 2.44. The second-order valence-corrected chi connectivity index (χ2v) is 4.64. The number of methoxy groups -OCH3 is 1. The standard InChI is InChI=1S/C17H18FNO2/c1-3-19(15-8-6-14(18)7-9-15)17(20)12-13-4-10-16(21-2)11-5-13/h4-11H,3,12H2,1-2H3. The van der Waals surface area contributed by atoms with E-state index < -0.39 is 0 Å². The third-order valence-electron chi connectivity index (χ3n) is 3.27. The maximum Gasteiger partial charge on any atom is 0.231 e. The van der Waals surface area contributed by atoms with E-state index in [2.05, 4.69) is 0 Å². The van der Waals surface area contributed by atoms with Gasteiger partial charge in [-0.25, -0.2) is 4.39 Å². The second-order valence-electron chi connectivity index (χ2n) is 4.64. The van der Waals surface area contributed by atoms with Gasteiger partial charge in [0.15, 0.2) is 0 Å². The molecule has 0 unspecified atom stereocenters. The summed E-state index contributed by atoms with van der Waals surface area (Å²) >= 11 is 0. The first-order chi connectivity index (χ1) is 10.1. The molecule has 0 spiro atoms. The molecule has 21 heavy (non-hydrogen) atoms. The Kier molecular flexibility index (Phi) is 4.93. The summed E-state index contributed by atoms with van der Waals surface area (Å²) in [4.78, 5) is 14.0. The number of carbonyl (C=O) groups excluding carboxylic acids is 1. The van der Waals surface area contributed by atoms with Crippen LogP contribution in [0.25, 0.3) is 0 Å². The first-order valence-electron chi connectivity index (χ1n) is 6.83. The molecule has 2 aromatic rings. The Morgan fingerprint density at radius 2 is 1.71 bits per heavy atom. The van der Waals surface area contributed by atoms with Gasteiger partial charge in [-0.1, -0.05) is 12.1 Å². The first kappa shape index (κ1) is 15.0. The number of rotatable bonds is 5. The van der Waals surface area contributed by atoms with Crippen LogP contribution in [0.2, 0.25) is 0 Å². The van der Waals surface area contributed by atoms with Crippen LogP contribution in [-0.4, -0.2) is 19.6 Å². The van der Waals surface area contributed by atoms with Crippen molar-refractivity contribution >= 4 is 11.6 Å². The predicted octanol–water partition coefficient (Wildman–Crippen LogP) is 3.43. The van der Waals surface area contributed by atoms with Crippen molar-refractivity contribution in [3.05, 3.63) is 59.9 Å². The highest BCUT2D eigenvalue weighted by atomic mass is 19.1. The smallest absolute Gasteiger partial charge is 0.231 e. The lowest BCUT2D eigenvalue weighted by molar-refractivity contribution is -0.117. The molecule has 1 amide bonds. The predicted molar refractivity (Wildman–Crippen MR) is 81.1 cm³/mol. The third kappa shape index (κ3) is 3.81. The monoisotopic (exact) mass is 287 g/mol. The summed E-state index contributed by atoms with van der Waals surface area (Å²) in [7, 11) is 1.60. The van der Waals surface area contributed by atoms with Crippen molar-refractivity contribution in [3.8, 4) is 5.75 Å². The summed E-state index contributed by atoms with van der Waals surface area (Å²) < 4.78 is 18.1. The van der Waals surface area contributed by atoms with Crippen molar-refractivity contribution in [2.75, 3.05) is 18.6 Å². The molecule has 0 aliphatic carbocycles. The lowest BCUT2D eigenvalue weighted by atomic mass is 10.1.